The third kappa shape index (κ3) is 2.80. The molecule has 0 aromatic heterocycles. The molecule has 0 bridgehead atoms. The first-order valence-corrected chi connectivity index (χ1v) is 7.57. The number of piperidine rings is 1. The second-order valence-corrected chi connectivity index (χ2v) is 5.73. The van der Waals surface area contributed by atoms with Gasteiger partial charge in [0.1, 0.15) is 5.78 Å². The molecule has 3 nitrogen and oxygen atoms in total. The Hall–Kier alpha value is -2.42. The molecule has 3 heteroatoms. The van der Waals surface area contributed by atoms with Crippen LogP contribution in [0.2, 0.25) is 0 Å². The van der Waals surface area contributed by atoms with Gasteiger partial charge in [-0.1, -0.05) is 60.7 Å². The van der Waals surface area contributed by atoms with E-state index in [0.717, 1.165) is 11.1 Å². The Bertz CT molecular complexity index is 615. The number of amides is 1. The summed E-state index contributed by atoms with van der Waals surface area (Å²) in [5.74, 6) is 0.218. The molecule has 1 heterocycles. The van der Waals surface area contributed by atoms with Crippen molar-refractivity contribution in [3.05, 3.63) is 71.8 Å². The van der Waals surface area contributed by atoms with E-state index in [0.29, 0.717) is 12.8 Å². The maximum Gasteiger partial charge on any atom is 0.220 e. The summed E-state index contributed by atoms with van der Waals surface area (Å²) in [6.07, 6.45) is 0.792. The zero-order valence-corrected chi connectivity index (χ0v) is 12.6. The summed E-state index contributed by atoms with van der Waals surface area (Å²) in [7, 11) is 0. The Morgan fingerprint density at radius 1 is 0.864 bits per heavy atom. The monoisotopic (exact) mass is 293 g/mol. The first-order valence-electron chi connectivity index (χ1n) is 7.57. The topological polar surface area (TPSA) is 37.4 Å². The van der Waals surface area contributed by atoms with Crippen LogP contribution in [0.3, 0.4) is 0 Å². The lowest BCUT2D eigenvalue weighted by Gasteiger charge is -2.41. The minimum Gasteiger partial charge on any atom is -0.328 e. The SMILES string of the molecule is CC(=O)N1[C@@H](c2ccccc2)CC(=O)C[C@H]1c1ccccc1. The van der Waals surface area contributed by atoms with Crippen LogP contribution in [0.25, 0.3) is 0 Å². The molecule has 1 aliphatic rings. The Morgan fingerprint density at radius 3 is 1.64 bits per heavy atom. The molecule has 0 aliphatic carbocycles. The second-order valence-electron chi connectivity index (χ2n) is 5.73. The van der Waals surface area contributed by atoms with Crippen molar-refractivity contribution in [3.8, 4) is 0 Å². The Labute approximate surface area is 130 Å². The van der Waals surface area contributed by atoms with E-state index in [4.69, 9.17) is 0 Å². The molecular formula is C19H19NO2. The van der Waals surface area contributed by atoms with Gasteiger partial charge in [-0.15, -0.1) is 0 Å². The number of hydrogen-bond donors (Lipinski definition) is 0. The smallest absolute Gasteiger partial charge is 0.220 e. The van der Waals surface area contributed by atoms with Crippen molar-refractivity contribution in [2.75, 3.05) is 0 Å². The number of likely N-dealkylation sites (tertiary alicyclic amines) is 1. The van der Waals surface area contributed by atoms with E-state index < -0.39 is 0 Å². The lowest BCUT2D eigenvalue weighted by Crippen LogP contribution is -2.42. The van der Waals surface area contributed by atoms with Gasteiger partial charge in [0.15, 0.2) is 0 Å². The predicted octanol–water partition coefficient (Wildman–Crippen LogP) is 3.68. The molecule has 0 N–H and O–H groups in total. The number of rotatable bonds is 2. The van der Waals surface area contributed by atoms with Crippen LogP contribution < -0.4 is 0 Å². The number of carbonyl (C=O) groups is 2. The van der Waals surface area contributed by atoms with Crippen molar-refractivity contribution in [1.29, 1.82) is 0 Å². The highest BCUT2D eigenvalue weighted by Crippen LogP contribution is 2.40. The average molecular weight is 293 g/mol. The van der Waals surface area contributed by atoms with Crippen LogP contribution in [0.15, 0.2) is 60.7 Å². The van der Waals surface area contributed by atoms with Crippen molar-refractivity contribution in [2.45, 2.75) is 31.8 Å². The highest BCUT2D eigenvalue weighted by Gasteiger charge is 2.37. The number of Topliss-reactive ketones (excluding diaryl/α,β-unsaturated/α-hetero) is 1. The van der Waals surface area contributed by atoms with Gasteiger partial charge in [0.25, 0.3) is 0 Å². The fourth-order valence-corrected chi connectivity index (χ4v) is 3.27. The zero-order chi connectivity index (χ0) is 15.5. The van der Waals surface area contributed by atoms with Crippen molar-refractivity contribution < 1.29 is 9.59 Å². The molecule has 0 radical (unpaired) electrons. The van der Waals surface area contributed by atoms with Gasteiger partial charge in [-0.25, -0.2) is 0 Å². The Kier molecular flexibility index (Phi) is 4.05. The lowest BCUT2D eigenvalue weighted by atomic mass is 9.86. The number of nitrogens with zero attached hydrogens (tertiary/aromatic N) is 1. The molecular weight excluding hydrogens is 274 g/mol. The molecule has 2 atom stereocenters. The molecule has 1 amide bonds. The Morgan fingerprint density at radius 2 is 1.27 bits per heavy atom. The predicted molar refractivity (Wildman–Crippen MR) is 85.1 cm³/mol. The van der Waals surface area contributed by atoms with E-state index in [2.05, 4.69) is 0 Å². The largest absolute Gasteiger partial charge is 0.328 e. The van der Waals surface area contributed by atoms with Crippen molar-refractivity contribution in [3.63, 3.8) is 0 Å². The molecule has 0 spiro atoms. The molecule has 3 rings (SSSR count). The maximum atomic E-state index is 12.3. The van der Waals surface area contributed by atoms with Gasteiger partial charge in [-0.2, -0.15) is 0 Å². The number of hydrogen-bond acceptors (Lipinski definition) is 2. The first-order chi connectivity index (χ1) is 10.7. The molecule has 1 aliphatic heterocycles. The van der Waals surface area contributed by atoms with Gasteiger partial charge in [0.2, 0.25) is 5.91 Å². The first kappa shape index (κ1) is 14.5. The van der Waals surface area contributed by atoms with Crippen molar-refractivity contribution >= 4 is 11.7 Å². The van der Waals surface area contributed by atoms with E-state index in [9.17, 15) is 9.59 Å². The van der Waals surface area contributed by atoms with Gasteiger partial charge in [-0.3, -0.25) is 9.59 Å². The molecule has 1 fully saturated rings. The Balaban J connectivity index is 2.03. The van der Waals surface area contributed by atoms with Gasteiger partial charge < -0.3 is 4.90 Å². The average Bonchev–Trinajstić information content (AvgIpc) is 2.55. The molecule has 0 unspecified atom stereocenters. The summed E-state index contributed by atoms with van der Waals surface area (Å²) in [4.78, 5) is 26.4. The quantitative estimate of drug-likeness (QED) is 0.847. The minimum absolute atomic E-state index is 0.00945. The second kappa shape index (κ2) is 6.14. The van der Waals surface area contributed by atoms with Gasteiger partial charge >= 0.3 is 0 Å². The highest BCUT2D eigenvalue weighted by atomic mass is 16.2. The normalized spacial score (nSPS) is 21.7. The summed E-state index contributed by atoms with van der Waals surface area (Å²) in [5.41, 5.74) is 2.04. The van der Waals surface area contributed by atoms with E-state index >= 15 is 0 Å². The third-order valence-corrected chi connectivity index (χ3v) is 4.25. The van der Waals surface area contributed by atoms with Gasteiger partial charge in [-0.05, 0) is 11.1 Å². The maximum absolute atomic E-state index is 12.3. The van der Waals surface area contributed by atoms with Crippen LogP contribution in [0.4, 0.5) is 0 Å². The van der Waals surface area contributed by atoms with E-state index in [1.807, 2.05) is 65.6 Å². The molecule has 112 valence electrons. The molecule has 2 aromatic rings. The summed E-state index contributed by atoms with van der Waals surface area (Å²) in [5, 5.41) is 0. The van der Waals surface area contributed by atoms with Crippen LogP contribution in [0.5, 0.6) is 0 Å². The molecule has 2 aromatic carbocycles. The van der Waals surface area contributed by atoms with Crippen molar-refractivity contribution in [2.24, 2.45) is 0 Å². The van der Waals surface area contributed by atoms with E-state index in [1.54, 1.807) is 6.92 Å². The van der Waals surface area contributed by atoms with Crippen molar-refractivity contribution in [1.82, 2.24) is 4.90 Å². The van der Waals surface area contributed by atoms with Crippen LogP contribution in [0.1, 0.15) is 43.0 Å². The van der Waals surface area contributed by atoms with Crippen LogP contribution >= 0.6 is 0 Å². The third-order valence-electron chi connectivity index (χ3n) is 4.25. The standard InChI is InChI=1S/C19H19NO2/c1-14(21)20-18(15-8-4-2-5-9-15)12-17(22)13-19(20)16-10-6-3-7-11-16/h2-11,18-19H,12-13H2,1H3/t18-,19+. The summed E-state index contributed by atoms with van der Waals surface area (Å²) >= 11 is 0. The molecule has 22 heavy (non-hydrogen) atoms. The number of benzene rings is 2. The fraction of sp³-hybridized carbons (Fsp3) is 0.263. The summed E-state index contributed by atoms with van der Waals surface area (Å²) < 4.78 is 0. The minimum atomic E-state index is -0.176. The fourth-order valence-electron chi connectivity index (χ4n) is 3.27. The van der Waals surface area contributed by atoms with E-state index in [-0.39, 0.29) is 23.8 Å². The van der Waals surface area contributed by atoms with Crippen LogP contribution in [-0.2, 0) is 9.59 Å². The molecule has 0 saturated carbocycles. The van der Waals surface area contributed by atoms with Gasteiger partial charge in [0, 0.05) is 19.8 Å². The van der Waals surface area contributed by atoms with Crippen LogP contribution in [-0.4, -0.2) is 16.6 Å². The van der Waals surface area contributed by atoms with Gasteiger partial charge in [0.05, 0.1) is 12.1 Å². The molecule has 1 saturated heterocycles. The summed E-state index contributed by atoms with van der Waals surface area (Å²) in [6, 6.07) is 19.3. The number of carbonyl (C=O) groups excluding carboxylic acids is 2. The lowest BCUT2D eigenvalue weighted by molar-refractivity contribution is -0.140. The van der Waals surface area contributed by atoms with Crippen LogP contribution in [0, 0.1) is 0 Å². The number of ketones is 1. The zero-order valence-electron chi connectivity index (χ0n) is 12.6. The summed E-state index contributed by atoms with van der Waals surface area (Å²) in [6.45, 7) is 1.58. The van der Waals surface area contributed by atoms with E-state index in [1.165, 1.54) is 0 Å². The highest BCUT2D eigenvalue weighted by molar-refractivity contribution is 5.84.